The summed E-state index contributed by atoms with van der Waals surface area (Å²) in [6.45, 7) is 0.521. The number of carbonyl (C=O) groups is 2. The van der Waals surface area contributed by atoms with Gasteiger partial charge in [0, 0.05) is 18.7 Å². The van der Waals surface area contributed by atoms with Crippen molar-refractivity contribution in [2.24, 2.45) is 5.92 Å². The summed E-state index contributed by atoms with van der Waals surface area (Å²) >= 11 is 0. The van der Waals surface area contributed by atoms with E-state index in [-0.39, 0.29) is 12.5 Å². The number of amides is 2. The van der Waals surface area contributed by atoms with E-state index in [1.807, 2.05) is 0 Å². The summed E-state index contributed by atoms with van der Waals surface area (Å²) in [5, 5.41) is 2.25. The van der Waals surface area contributed by atoms with E-state index >= 15 is 0 Å². The minimum Gasteiger partial charge on any atom is -0.338 e. The van der Waals surface area contributed by atoms with Crippen molar-refractivity contribution in [2.75, 3.05) is 18.4 Å². The molecule has 1 N–H and O–H groups in total. The summed E-state index contributed by atoms with van der Waals surface area (Å²) in [6.07, 6.45) is 1.01. The molecular formula is C19H16F4N2O2. The lowest BCUT2D eigenvalue weighted by Gasteiger charge is -2.32. The quantitative estimate of drug-likeness (QED) is 0.652. The van der Waals surface area contributed by atoms with Crippen molar-refractivity contribution in [3.8, 4) is 0 Å². The highest BCUT2D eigenvalue weighted by Gasteiger charge is 2.29. The van der Waals surface area contributed by atoms with Crippen molar-refractivity contribution < 1.29 is 27.2 Å². The Morgan fingerprint density at radius 1 is 0.963 bits per heavy atom. The van der Waals surface area contributed by atoms with Crippen LogP contribution in [0.5, 0.6) is 0 Å². The van der Waals surface area contributed by atoms with Crippen LogP contribution in [0.3, 0.4) is 0 Å². The van der Waals surface area contributed by atoms with E-state index < -0.39 is 40.8 Å². The first-order valence-corrected chi connectivity index (χ1v) is 8.36. The average Bonchev–Trinajstić information content (AvgIpc) is 2.68. The van der Waals surface area contributed by atoms with E-state index in [0.29, 0.717) is 24.9 Å². The van der Waals surface area contributed by atoms with E-state index in [1.54, 1.807) is 0 Å². The highest BCUT2D eigenvalue weighted by atomic mass is 19.2. The lowest BCUT2D eigenvalue weighted by Crippen LogP contribution is -2.43. The summed E-state index contributed by atoms with van der Waals surface area (Å²) in [5.74, 6) is -6.50. The zero-order valence-electron chi connectivity index (χ0n) is 14.1. The van der Waals surface area contributed by atoms with Crippen LogP contribution >= 0.6 is 0 Å². The van der Waals surface area contributed by atoms with E-state index in [4.69, 9.17) is 0 Å². The second kappa shape index (κ2) is 7.77. The third-order valence-electron chi connectivity index (χ3n) is 4.46. The number of anilines is 1. The first-order valence-electron chi connectivity index (χ1n) is 8.36. The molecule has 1 unspecified atom stereocenters. The normalized spacial score (nSPS) is 16.9. The number of hydrogen-bond donors (Lipinski definition) is 1. The first kappa shape index (κ1) is 18.9. The standard InChI is InChI=1S/C19H16F4N2O2/c20-13-5-3-11(4-6-13)19(27)25-9-1-2-12(10-25)18(26)24-15-8-7-14(21)16(22)17(15)23/h3-8,12H,1-2,9-10H2,(H,24,26). The molecule has 8 heteroatoms. The summed E-state index contributed by atoms with van der Waals surface area (Å²) in [5.41, 5.74) is -0.162. The molecular weight excluding hydrogens is 364 g/mol. The van der Waals surface area contributed by atoms with Gasteiger partial charge in [0.25, 0.3) is 5.91 Å². The fourth-order valence-corrected chi connectivity index (χ4v) is 3.01. The molecule has 0 saturated carbocycles. The molecule has 1 aliphatic rings. The van der Waals surface area contributed by atoms with Gasteiger partial charge in [-0.05, 0) is 49.2 Å². The number of nitrogens with one attached hydrogen (secondary N) is 1. The number of hydrogen-bond acceptors (Lipinski definition) is 2. The van der Waals surface area contributed by atoms with Gasteiger partial charge in [-0.15, -0.1) is 0 Å². The molecule has 0 spiro atoms. The number of halogens is 4. The Labute approximate surface area is 152 Å². The van der Waals surface area contributed by atoms with E-state index in [9.17, 15) is 27.2 Å². The molecule has 2 amide bonds. The molecule has 0 bridgehead atoms. The van der Waals surface area contributed by atoms with Crippen molar-refractivity contribution >= 4 is 17.5 Å². The Balaban J connectivity index is 1.68. The van der Waals surface area contributed by atoms with Crippen LogP contribution < -0.4 is 5.32 Å². The molecule has 2 aromatic rings. The maximum absolute atomic E-state index is 13.7. The Morgan fingerprint density at radius 3 is 2.37 bits per heavy atom. The maximum atomic E-state index is 13.7. The fraction of sp³-hybridized carbons (Fsp3) is 0.263. The van der Waals surface area contributed by atoms with Gasteiger partial charge in [-0.1, -0.05) is 0 Å². The molecule has 1 saturated heterocycles. The molecule has 3 rings (SSSR count). The van der Waals surface area contributed by atoms with E-state index in [2.05, 4.69) is 5.32 Å². The van der Waals surface area contributed by atoms with Gasteiger partial charge >= 0.3 is 0 Å². The minimum absolute atomic E-state index is 0.0906. The molecule has 142 valence electrons. The second-order valence-corrected chi connectivity index (χ2v) is 6.31. The Hall–Kier alpha value is -2.90. The predicted octanol–water partition coefficient (Wildman–Crippen LogP) is 3.73. The van der Waals surface area contributed by atoms with Gasteiger partial charge in [0.15, 0.2) is 17.5 Å². The van der Waals surface area contributed by atoms with Crippen LogP contribution in [0.4, 0.5) is 23.2 Å². The number of likely N-dealkylation sites (tertiary alicyclic amines) is 1. The largest absolute Gasteiger partial charge is 0.338 e. The smallest absolute Gasteiger partial charge is 0.253 e. The summed E-state index contributed by atoms with van der Waals surface area (Å²) in [7, 11) is 0. The minimum atomic E-state index is -1.66. The predicted molar refractivity (Wildman–Crippen MR) is 90.0 cm³/mol. The summed E-state index contributed by atoms with van der Waals surface area (Å²) in [4.78, 5) is 26.3. The van der Waals surface area contributed by atoms with Crippen molar-refractivity contribution in [3.63, 3.8) is 0 Å². The zero-order valence-corrected chi connectivity index (χ0v) is 14.1. The Bertz CT molecular complexity index is 871. The molecule has 1 atom stereocenters. The molecule has 2 aromatic carbocycles. The molecule has 4 nitrogen and oxygen atoms in total. The number of carbonyl (C=O) groups excluding carboxylic acids is 2. The number of piperidine rings is 1. The van der Waals surface area contributed by atoms with Gasteiger partial charge in [0.1, 0.15) is 5.82 Å². The molecule has 1 fully saturated rings. The van der Waals surface area contributed by atoms with Crippen molar-refractivity contribution in [2.45, 2.75) is 12.8 Å². The zero-order chi connectivity index (χ0) is 19.6. The summed E-state index contributed by atoms with van der Waals surface area (Å²) in [6, 6.07) is 6.73. The lowest BCUT2D eigenvalue weighted by atomic mass is 9.96. The third-order valence-corrected chi connectivity index (χ3v) is 4.46. The van der Waals surface area contributed by atoms with Crippen molar-refractivity contribution in [1.82, 2.24) is 4.90 Å². The molecule has 1 heterocycles. The van der Waals surface area contributed by atoms with Crippen LogP contribution in [-0.4, -0.2) is 29.8 Å². The lowest BCUT2D eigenvalue weighted by molar-refractivity contribution is -0.121. The first-order chi connectivity index (χ1) is 12.9. The van der Waals surface area contributed by atoms with Gasteiger partial charge in [-0.3, -0.25) is 9.59 Å². The number of nitrogens with zero attached hydrogens (tertiary/aromatic N) is 1. The maximum Gasteiger partial charge on any atom is 0.253 e. The van der Waals surface area contributed by atoms with Crippen LogP contribution in [0, 0.1) is 29.2 Å². The van der Waals surface area contributed by atoms with Crippen LogP contribution in [0.2, 0.25) is 0 Å². The van der Waals surface area contributed by atoms with Crippen molar-refractivity contribution in [3.05, 3.63) is 65.2 Å². The molecule has 0 aliphatic carbocycles. The SMILES string of the molecule is O=C(Nc1ccc(F)c(F)c1F)C1CCCN(C(=O)c2ccc(F)cc2)C1. The van der Waals surface area contributed by atoms with Crippen LogP contribution in [0.25, 0.3) is 0 Å². The topological polar surface area (TPSA) is 49.4 Å². The monoisotopic (exact) mass is 380 g/mol. The average molecular weight is 380 g/mol. The molecule has 0 radical (unpaired) electrons. The van der Waals surface area contributed by atoms with Crippen LogP contribution in [-0.2, 0) is 4.79 Å². The van der Waals surface area contributed by atoms with Gasteiger partial charge in [0.05, 0.1) is 11.6 Å². The molecule has 1 aliphatic heterocycles. The Morgan fingerprint density at radius 2 is 1.67 bits per heavy atom. The van der Waals surface area contributed by atoms with Crippen molar-refractivity contribution in [1.29, 1.82) is 0 Å². The van der Waals surface area contributed by atoms with Crippen LogP contribution in [0.15, 0.2) is 36.4 Å². The Kier molecular flexibility index (Phi) is 5.43. The highest BCUT2D eigenvalue weighted by molar-refractivity contribution is 5.96. The van der Waals surface area contributed by atoms with E-state index in [0.717, 1.165) is 12.1 Å². The molecule has 27 heavy (non-hydrogen) atoms. The second-order valence-electron chi connectivity index (χ2n) is 6.31. The van der Waals surface area contributed by atoms with Gasteiger partial charge in [-0.2, -0.15) is 0 Å². The van der Waals surface area contributed by atoms with Crippen LogP contribution in [0.1, 0.15) is 23.2 Å². The molecule has 0 aromatic heterocycles. The number of benzene rings is 2. The van der Waals surface area contributed by atoms with Gasteiger partial charge in [0.2, 0.25) is 5.91 Å². The highest BCUT2D eigenvalue weighted by Crippen LogP contribution is 2.23. The fourth-order valence-electron chi connectivity index (χ4n) is 3.01. The third kappa shape index (κ3) is 4.10. The van der Waals surface area contributed by atoms with Gasteiger partial charge in [-0.25, -0.2) is 17.6 Å². The summed E-state index contributed by atoms with van der Waals surface area (Å²) < 4.78 is 53.0. The number of rotatable bonds is 3. The van der Waals surface area contributed by atoms with Gasteiger partial charge < -0.3 is 10.2 Å². The van der Waals surface area contributed by atoms with E-state index in [1.165, 1.54) is 29.2 Å².